The number of nitro benzene ring substituents is 1. The number of benzene rings is 1. The molecule has 2 bridgehead atoms. The molecule has 2 fully saturated rings. The summed E-state index contributed by atoms with van der Waals surface area (Å²) in [6, 6.07) is 7.58. The van der Waals surface area contributed by atoms with E-state index in [-0.39, 0.29) is 46.2 Å². The van der Waals surface area contributed by atoms with Crippen LogP contribution >= 0.6 is 11.6 Å². The minimum absolute atomic E-state index is 0.0344. The number of hydrogen-bond acceptors (Lipinski definition) is 6. The fourth-order valence-corrected chi connectivity index (χ4v) is 4.68. The number of nitro groups is 1. The Kier molecular flexibility index (Phi) is 3.92. The van der Waals surface area contributed by atoms with Gasteiger partial charge in [-0.2, -0.15) is 10.1 Å². The number of carbonyl (C=O) groups is 2. The summed E-state index contributed by atoms with van der Waals surface area (Å²) >= 11 is 5.83. The Bertz CT molecular complexity index is 1090. The first-order chi connectivity index (χ1) is 13.9. The minimum atomic E-state index is -0.569. The molecule has 1 aromatic carbocycles. The average molecular weight is 412 g/mol. The highest BCUT2D eigenvalue weighted by atomic mass is 35.5. The fourth-order valence-electron chi connectivity index (χ4n) is 4.50. The lowest BCUT2D eigenvalue weighted by Crippen LogP contribution is -2.28. The number of hydrogen-bond donors (Lipinski definition) is 0. The van der Waals surface area contributed by atoms with Crippen LogP contribution in [0.15, 0.2) is 52.0 Å². The predicted molar refractivity (Wildman–Crippen MR) is 103 cm³/mol. The van der Waals surface area contributed by atoms with Gasteiger partial charge in [-0.3, -0.25) is 19.7 Å². The van der Waals surface area contributed by atoms with Gasteiger partial charge < -0.3 is 4.42 Å². The number of allylic oxidation sites excluding steroid dienone is 2. The third-order valence-corrected chi connectivity index (χ3v) is 6.12. The lowest BCUT2D eigenvalue weighted by Gasteiger charge is -2.13. The van der Waals surface area contributed by atoms with Gasteiger partial charge in [-0.15, -0.1) is 0 Å². The number of imide groups is 1. The van der Waals surface area contributed by atoms with E-state index in [0.717, 1.165) is 11.4 Å². The number of amides is 2. The zero-order valence-electron chi connectivity index (χ0n) is 14.9. The number of fused-ring (bicyclic) bond motifs is 5. The normalized spacial score (nSPS) is 27.4. The van der Waals surface area contributed by atoms with Crippen LogP contribution in [0.2, 0.25) is 5.02 Å². The van der Waals surface area contributed by atoms with Crippen LogP contribution in [-0.4, -0.2) is 28.0 Å². The van der Waals surface area contributed by atoms with Crippen molar-refractivity contribution < 1.29 is 18.9 Å². The average Bonchev–Trinajstić information content (AvgIpc) is 3.46. The molecule has 2 aliphatic carbocycles. The van der Waals surface area contributed by atoms with Crippen molar-refractivity contribution in [2.24, 2.45) is 28.8 Å². The smallest absolute Gasteiger partial charge is 0.288 e. The maximum absolute atomic E-state index is 12.6. The maximum Gasteiger partial charge on any atom is 0.288 e. The highest BCUT2D eigenvalue weighted by molar-refractivity contribution is 6.32. The second kappa shape index (κ2) is 6.38. The molecule has 4 atom stereocenters. The van der Waals surface area contributed by atoms with Gasteiger partial charge in [0.05, 0.1) is 23.0 Å². The number of rotatable bonds is 4. The molecule has 2 aromatic rings. The molecule has 0 unspecified atom stereocenters. The summed E-state index contributed by atoms with van der Waals surface area (Å²) in [6.07, 6.45) is 6.21. The molecule has 0 N–H and O–H groups in total. The van der Waals surface area contributed by atoms with Crippen molar-refractivity contribution in [3.05, 3.63) is 63.4 Å². The lowest BCUT2D eigenvalue weighted by atomic mass is 9.85. The molecule has 2 amide bonds. The Morgan fingerprint density at radius 2 is 1.83 bits per heavy atom. The molecule has 5 rings (SSSR count). The topological polar surface area (TPSA) is 106 Å². The van der Waals surface area contributed by atoms with Gasteiger partial charge in [0.2, 0.25) is 0 Å². The van der Waals surface area contributed by atoms with E-state index in [1.54, 1.807) is 18.2 Å². The molecule has 146 valence electrons. The van der Waals surface area contributed by atoms with E-state index in [9.17, 15) is 19.7 Å². The van der Waals surface area contributed by atoms with Crippen molar-refractivity contribution in [1.82, 2.24) is 5.01 Å². The highest BCUT2D eigenvalue weighted by Crippen LogP contribution is 2.52. The zero-order chi connectivity index (χ0) is 20.3. The van der Waals surface area contributed by atoms with Crippen molar-refractivity contribution in [3.63, 3.8) is 0 Å². The van der Waals surface area contributed by atoms with Gasteiger partial charge in [-0.25, -0.2) is 0 Å². The standard InChI is InChI=1S/C20H14ClN3O5/c21-14-5-3-10(8-15(14)24(27)28)16-6-4-13(29-16)9-22-23-19(25)17-11-1-2-12(7-11)18(17)20(23)26/h1-6,8-9,11-12,17-18H,7H2/b22-9-/t11-,12+,17-,18+. The third-order valence-electron chi connectivity index (χ3n) is 5.80. The quantitative estimate of drug-likeness (QED) is 0.251. The number of furan rings is 1. The maximum atomic E-state index is 12.6. The molecule has 1 aliphatic heterocycles. The van der Waals surface area contributed by atoms with Crippen LogP contribution in [0, 0.1) is 33.8 Å². The minimum Gasteiger partial charge on any atom is -0.455 e. The second-order valence-corrected chi connectivity index (χ2v) is 7.77. The predicted octanol–water partition coefficient (Wildman–Crippen LogP) is 3.65. The van der Waals surface area contributed by atoms with Crippen LogP contribution < -0.4 is 0 Å². The first-order valence-electron chi connectivity index (χ1n) is 9.08. The molecule has 0 radical (unpaired) electrons. The summed E-state index contributed by atoms with van der Waals surface area (Å²) < 4.78 is 5.65. The highest BCUT2D eigenvalue weighted by Gasteiger charge is 2.59. The first-order valence-corrected chi connectivity index (χ1v) is 9.46. The Hall–Kier alpha value is -3.26. The van der Waals surface area contributed by atoms with Gasteiger partial charge >= 0.3 is 0 Å². The summed E-state index contributed by atoms with van der Waals surface area (Å²) in [4.78, 5) is 35.7. The Balaban J connectivity index is 1.37. The summed E-state index contributed by atoms with van der Waals surface area (Å²) in [5.41, 5.74) is 0.255. The molecular formula is C20H14ClN3O5. The van der Waals surface area contributed by atoms with Crippen molar-refractivity contribution in [2.45, 2.75) is 6.42 Å². The molecule has 3 aliphatic rings. The molecule has 9 heteroatoms. The van der Waals surface area contributed by atoms with Crippen LogP contribution in [0.3, 0.4) is 0 Å². The van der Waals surface area contributed by atoms with Crippen LogP contribution in [0.25, 0.3) is 11.3 Å². The molecule has 0 spiro atoms. The second-order valence-electron chi connectivity index (χ2n) is 7.36. The summed E-state index contributed by atoms with van der Waals surface area (Å²) in [5, 5.41) is 16.1. The Labute approximate surface area is 169 Å². The first kappa shape index (κ1) is 17.8. The van der Waals surface area contributed by atoms with Crippen molar-refractivity contribution >= 4 is 35.3 Å². The van der Waals surface area contributed by atoms with E-state index in [1.165, 1.54) is 18.3 Å². The van der Waals surface area contributed by atoms with E-state index < -0.39 is 4.92 Å². The largest absolute Gasteiger partial charge is 0.455 e. The van der Waals surface area contributed by atoms with Crippen molar-refractivity contribution in [1.29, 1.82) is 0 Å². The van der Waals surface area contributed by atoms with Gasteiger partial charge in [0, 0.05) is 11.6 Å². The van der Waals surface area contributed by atoms with E-state index in [1.807, 2.05) is 12.2 Å². The molecule has 8 nitrogen and oxygen atoms in total. The zero-order valence-corrected chi connectivity index (χ0v) is 15.7. The van der Waals surface area contributed by atoms with Gasteiger partial charge in [0.15, 0.2) is 0 Å². The van der Waals surface area contributed by atoms with Crippen molar-refractivity contribution in [3.8, 4) is 11.3 Å². The SMILES string of the molecule is O=C1[C@@H]2[C@H](C(=O)N1/N=C\c1ccc(-c3ccc(Cl)c([N+](=O)[O-])c3)o1)[C@@H]1C=C[C@H]2C1. The van der Waals surface area contributed by atoms with E-state index >= 15 is 0 Å². The van der Waals surface area contributed by atoms with Gasteiger partial charge in [-0.05, 0) is 42.5 Å². The van der Waals surface area contributed by atoms with E-state index in [4.69, 9.17) is 16.0 Å². The molecular weight excluding hydrogens is 398 g/mol. The van der Waals surface area contributed by atoms with Gasteiger partial charge in [-0.1, -0.05) is 23.8 Å². The molecule has 1 saturated carbocycles. The van der Waals surface area contributed by atoms with Crippen LogP contribution in [0.1, 0.15) is 12.2 Å². The number of carbonyl (C=O) groups excluding carboxylic acids is 2. The number of hydrazone groups is 1. The molecule has 2 heterocycles. The monoisotopic (exact) mass is 411 g/mol. The summed E-state index contributed by atoms with van der Waals surface area (Å²) in [7, 11) is 0. The van der Waals surface area contributed by atoms with Crippen LogP contribution in [0.5, 0.6) is 0 Å². The number of halogens is 1. The lowest BCUT2D eigenvalue weighted by molar-refractivity contribution is -0.384. The summed E-state index contributed by atoms with van der Waals surface area (Å²) in [5.74, 6) is -0.217. The van der Waals surface area contributed by atoms with E-state index in [0.29, 0.717) is 17.1 Å². The Morgan fingerprint density at radius 3 is 2.48 bits per heavy atom. The van der Waals surface area contributed by atoms with Crippen LogP contribution in [-0.2, 0) is 9.59 Å². The molecule has 1 aromatic heterocycles. The Morgan fingerprint density at radius 1 is 1.14 bits per heavy atom. The van der Waals surface area contributed by atoms with Gasteiger partial charge in [0.1, 0.15) is 16.5 Å². The summed E-state index contributed by atoms with van der Waals surface area (Å²) in [6.45, 7) is 0. The number of nitrogens with zero attached hydrogens (tertiary/aromatic N) is 3. The molecule has 1 saturated heterocycles. The molecule has 29 heavy (non-hydrogen) atoms. The van der Waals surface area contributed by atoms with Gasteiger partial charge in [0.25, 0.3) is 17.5 Å². The van der Waals surface area contributed by atoms with Crippen LogP contribution in [0.4, 0.5) is 5.69 Å². The third kappa shape index (κ3) is 2.71. The van der Waals surface area contributed by atoms with E-state index in [2.05, 4.69) is 5.10 Å². The van der Waals surface area contributed by atoms with Crippen molar-refractivity contribution in [2.75, 3.05) is 0 Å². The fraction of sp³-hybridized carbons (Fsp3) is 0.250.